The lowest BCUT2D eigenvalue weighted by Gasteiger charge is -2.22. The fourth-order valence-electron chi connectivity index (χ4n) is 3.37. The van der Waals surface area contributed by atoms with Gasteiger partial charge in [0.05, 0.1) is 0 Å². The van der Waals surface area contributed by atoms with Crippen LogP contribution in [0.15, 0.2) is 54.1 Å². The van der Waals surface area contributed by atoms with Crippen molar-refractivity contribution >= 4 is 35.2 Å². The molecule has 1 fully saturated rings. The molecule has 1 aliphatic carbocycles. The molecule has 0 heterocycles. The molecule has 6 nitrogen and oxygen atoms in total. The number of carbonyl (C=O) groups excluding carboxylic acids is 2. The van der Waals surface area contributed by atoms with Crippen LogP contribution in [0.2, 0.25) is 5.02 Å². The number of benzene rings is 2. The lowest BCUT2D eigenvalue weighted by atomic mass is 9.95. The molecule has 2 aromatic carbocycles. The molecule has 2 aromatic rings. The van der Waals surface area contributed by atoms with Gasteiger partial charge in [0.15, 0.2) is 6.61 Å². The van der Waals surface area contributed by atoms with Gasteiger partial charge in [-0.3, -0.25) is 9.59 Å². The average molecular weight is 438 g/mol. The molecular formula is C24H24ClN3O3. The van der Waals surface area contributed by atoms with E-state index in [0.29, 0.717) is 22.0 Å². The second-order valence-electron chi connectivity index (χ2n) is 7.39. The maximum absolute atomic E-state index is 12.3. The van der Waals surface area contributed by atoms with Crippen LogP contribution >= 0.6 is 11.6 Å². The Morgan fingerprint density at radius 1 is 1.06 bits per heavy atom. The second-order valence-corrected chi connectivity index (χ2v) is 7.83. The molecule has 7 heteroatoms. The van der Waals surface area contributed by atoms with Gasteiger partial charge in [0, 0.05) is 16.8 Å². The monoisotopic (exact) mass is 437 g/mol. The minimum Gasteiger partial charge on any atom is -0.484 e. The van der Waals surface area contributed by atoms with Crippen molar-refractivity contribution in [3.8, 4) is 11.8 Å². The number of amides is 2. The number of carbonyl (C=O) groups is 2. The van der Waals surface area contributed by atoms with E-state index in [1.807, 2.05) is 6.07 Å². The average Bonchev–Trinajstić information content (AvgIpc) is 2.79. The summed E-state index contributed by atoms with van der Waals surface area (Å²) in [7, 11) is 0. The molecule has 0 spiro atoms. The van der Waals surface area contributed by atoms with E-state index in [1.165, 1.54) is 12.5 Å². The minimum absolute atomic E-state index is 0.0320. The van der Waals surface area contributed by atoms with Gasteiger partial charge in [0.25, 0.3) is 11.8 Å². The zero-order valence-electron chi connectivity index (χ0n) is 17.1. The van der Waals surface area contributed by atoms with Gasteiger partial charge in [-0.05, 0) is 60.9 Å². The number of nitrogens with zero attached hydrogens (tertiary/aromatic N) is 1. The van der Waals surface area contributed by atoms with Crippen LogP contribution in [0.1, 0.15) is 37.7 Å². The smallest absolute Gasteiger partial charge is 0.266 e. The maximum Gasteiger partial charge on any atom is 0.266 e. The summed E-state index contributed by atoms with van der Waals surface area (Å²) >= 11 is 5.83. The van der Waals surface area contributed by atoms with Crippen LogP contribution in [0.25, 0.3) is 6.08 Å². The molecular weight excluding hydrogens is 414 g/mol. The van der Waals surface area contributed by atoms with Gasteiger partial charge < -0.3 is 15.4 Å². The highest BCUT2D eigenvalue weighted by molar-refractivity contribution is 6.30. The first-order valence-corrected chi connectivity index (χ1v) is 10.6. The molecule has 0 unspecified atom stereocenters. The molecule has 0 saturated heterocycles. The normalized spacial score (nSPS) is 14.4. The molecule has 3 rings (SSSR count). The Kier molecular flexibility index (Phi) is 8.08. The number of rotatable bonds is 7. The Morgan fingerprint density at radius 2 is 1.74 bits per heavy atom. The molecule has 0 atom stereocenters. The summed E-state index contributed by atoms with van der Waals surface area (Å²) < 4.78 is 5.54. The third kappa shape index (κ3) is 7.16. The number of halogens is 1. The first kappa shape index (κ1) is 22.4. The molecule has 160 valence electrons. The summed E-state index contributed by atoms with van der Waals surface area (Å²) in [4.78, 5) is 24.4. The molecule has 0 radical (unpaired) electrons. The van der Waals surface area contributed by atoms with Crippen LogP contribution < -0.4 is 15.4 Å². The Balaban J connectivity index is 1.53. The van der Waals surface area contributed by atoms with Gasteiger partial charge in [0.1, 0.15) is 17.4 Å². The molecule has 1 saturated carbocycles. The molecule has 31 heavy (non-hydrogen) atoms. The number of anilines is 1. The van der Waals surface area contributed by atoms with Gasteiger partial charge in [0.2, 0.25) is 0 Å². The molecule has 0 aromatic heterocycles. The molecule has 0 bridgehead atoms. The fraction of sp³-hybridized carbons (Fsp3) is 0.292. The summed E-state index contributed by atoms with van der Waals surface area (Å²) in [6.07, 6.45) is 7.09. The Bertz CT molecular complexity index is 973. The van der Waals surface area contributed by atoms with E-state index < -0.39 is 5.91 Å². The minimum atomic E-state index is -0.510. The second kappa shape index (κ2) is 11.2. The van der Waals surface area contributed by atoms with Crippen molar-refractivity contribution in [2.24, 2.45) is 0 Å². The van der Waals surface area contributed by atoms with Crippen LogP contribution in [0, 0.1) is 11.3 Å². The van der Waals surface area contributed by atoms with Crippen LogP contribution in [0.4, 0.5) is 5.69 Å². The summed E-state index contributed by atoms with van der Waals surface area (Å²) in [6, 6.07) is 15.6. The van der Waals surface area contributed by atoms with Crippen molar-refractivity contribution in [1.29, 1.82) is 5.26 Å². The van der Waals surface area contributed by atoms with E-state index in [0.717, 1.165) is 25.7 Å². The number of hydrogen-bond acceptors (Lipinski definition) is 4. The SMILES string of the molecule is N#C/C(=C\c1ccc(OCC(=O)NC2CCCCC2)cc1)C(=O)Nc1ccc(Cl)cc1. The van der Waals surface area contributed by atoms with E-state index in [9.17, 15) is 14.9 Å². The first-order valence-electron chi connectivity index (χ1n) is 10.2. The lowest BCUT2D eigenvalue weighted by Crippen LogP contribution is -2.38. The van der Waals surface area contributed by atoms with Crippen molar-refractivity contribution in [1.82, 2.24) is 5.32 Å². The zero-order valence-corrected chi connectivity index (χ0v) is 17.8. The Hall–Kier alpha value is -3.30. The van der Waals surface area contributed by atoms with Crippen LogP contribution in [0.3, 0.4) is 0 Å². The summed E-state index contributed by atoms with van der Waals surface area (Å²) in [5.41, 5.74) is 1.18. The number of hydrogen-bond donors (Lipinski definition) is 2. The third-order valence-electron chi connectivity index (χ3n) is 5.00. The highest BCUT2D eigenvalue weighted by Gasteiger charge is 2.16. The van der Waals surface area contributed by atoms with E-state index in [-0.39, 0.29) is 24.1 Å². The van der Waals surface area contributed by atoms with Gasteiger partial charge in [-0.25, -0.2) is 0 Å². The van der Waals surface area contributed by atoms with E-state index in [1.54, 1.807) is 48.5 Å². The van der Waals surface area contributed by atoms with Crippen molar-refractivity contribution < 1.29 is 14.3 Å². The number of nitrogens with one attached hydrogen (secondary N) is 2. The van der Waals surface area contributed by atoms with Gasteiger partial charge in [-0.1, -0.05) is 43.0 Å². The standard InChI is InChI=1S/C24H24ClN3O3/c25-19-8-10-21(11-9-19)28-24(30)18(15-26)14-17-6-12-22(13-7-17)31-16-23(29)27-20-4-2-1-3-5-20/h6-14,20H,1-5,16H2,(H,27,29)(H,28,30)/b18-14+. The molecule has 1 aliphatic rings. The van der Waals surface area contributed by atoms with Crippen LogP contribution in [-0.2, 0) is 9.59 Å². The van der Waals surface area contributed by atoms with E-state index in [4.69, 9.17) is 16.3 Å². The van der Waals surface area contributed by atoms with Crippen LogP contribution in [0.5, 0.6) is 5.75 Å². The van der Waals surface area contributed by atoms with Crippen LogP contribution in [-0.4, -0.2) is 24.5 Å². The number of nitriles is 1. The molecule has 2 N–H and O–H groups in total. The van der Waals surface area contributed by atoms with Crippen molar-refractivity contribution in [3.63, 3.8) is 0 Å². The summed E-state index contributed by atoms with van der Waals surface area (Å²) in [5.74, 6) is -0.0916. The fourth-order valence-corrected chi connectivity index (χ4v) is 3.50. The highest BCUT2D eigenvalue weighted by Crippen LogP contribution is 2.18. The quantitative estimate of drug-likeness (QED) is 0.484. The summed E-state index contributed by atoms with van der Waals surface area (Å²) in [5, 5.41) is 15.6. The van der Waals surface area contributed by atoms with E-state index in [2.05, 4.69) is 10.6 Å². The van der Waals surface area contributed by atoms with E-state index >= 15 is 0 Å². The van der Waals surface area contributed by atoms with Gasteiger partial charge >= 0.3 is 0 Å². The third-order valence-corrected chi connectivity index (χ3v) is 5.25. The van der Waals surface area contributed by atoms with Gasteiger partial charge in [-0.15, -0.1) is 0 Å². The van der Waals surface area contributed by atoms with Crippen molar-refractivity contribution in [2.45, 2.75) is 38.1 Å². The van der Waals surface area contributed by atoms with Gasteiger partial charge in [-0.2, -0.15) is 5.26 Å². The predicted molar refractivity (Wildman–Crippen MR) is 121 cm³/mol. The summed E-state index contributed by atoms with van der Waals surface area (Å²) in [6.45, 7) is -0.0430. The number of ether oxygens (including phenoxy) is 1. The highest BCUT2D eigenvalue weighted by atomic mass is 35.5. The predicted octanol–water partition coefficient (Wildman–Crippen LogP) is 4.71. The lowest BCUT2D eigenvalue weighted by molar-refractivity contribution is -0.124. The topological polar surface area (TPSA) is 91.2 Å². The first-order chi connectivity index (χ1) is 15.0. The zero-order chi connectivity index (χ0) is 22.1. The molecule has 2 amide bonds. The Morgan fingerprint density at radius 3 is 2.39 bits per heavy atom. The maximum atomic E-state index is 12.3. The largest absolute Gasteiger partial charge is 0.484 e. The van der Waals surface area contributed by atoms with Crippen molar-refractivity contribution in [2.75, 3.05) is 11.9 Å². The Labute approximate surface area is 186 Å². The molecule has 0 aliphatic heterocycles. The van der Waals surface area contributed by atoms with Crippen molar-refractivity contribution in [3.05, 3.63) is 64.7 Å².